The van der Waals surface area contributed by atoms with Crippen molar-refractivity contribution in [1.82, 2.24) is 14.9 Å². The van der Waals surface area contributed by atoms with Crippen LogP contribution in [0.4, 0.5) is 0 Å². The van der Waals surface area contributed by atoms with Crippen LogP contribution >= 0.6 is 0 Å². The minimum Gasteiger partial charge on any atom is -0.385 e. The minimum atomic E-state index is 0.536. The first kappa shape index (κ1) is 14.5. The molecule has 1 aromatic heterocycles. The molecule has 1 aromatic carbocycles. The van der Waals surface area contributed by atoms with E-state index in [1.54, 1.807) is 7.11 Å². The second-order valence-electron chi connectivity index (χ2n) is 6.00. The number of ether oxygens (including phenoxy) is 1. The second-order valence-corrected chi connectivity index (χ2v) is 6.00. The Morgan fingerprint density at radius 1 is 1.43 bits per heavy atom. The maximum Gasteiger partial charge on any atom is 0.114 e. The number of nitrogens with one attached hydrogen (secondary N) is 1. The van der Waals surface area contributed by atoms with Gasteiger partial charge in [0.2, 0.25) is 0 Å². The maximum absolute atomic E-state index is 5.21. The van der Waals surface area contributed by atoms with Gasteiger partial charge in [-0.3, -0.25) is 0 Å². The molecule has 1 unspecified atom stereocenters. The van der Waals surface area contributed by atoms with E-state index in [-0.39, 0.29) is 0 Å². The van der Waals surface area contributed by atoms with E-state index in [9.17, 15) is 0 Å². The Labute approximate surface area is 126 Å². The normalized spacial score (nSPS) is 19.2. The first-order chi connectivity index (χ1) is 10.3. The first-order valence-corrected chi connectivity index (χ1v) is 7.96. The van der Waals surface area contributed by atoms with E-state index in [0.717, 1.165) is 38.2 Å². The largest absolute Gasteiger partial charge is 0.385 e. The Balaban J connectivity index is 1.97. The van der Waals surface area contributed by atoms with Crippen LogP contribution in [-0.4, -0.2) is 36.4 Å². The molecule has 0 aliphatic carbocycles. The lowest BCUT2D eigenvalue weighted by atomic mass is 9.99. The second kappa shape index (κ2) is 6.58. The Bertz CT molecular complexity index is 599. The fourth-order valence-corrected chi connectivity index (χ4v) is 3.24. The molecule has 1 N–H and O–H groups in total. The number of rotatable bonds is 5. The molecule has 1 aliphatic rings. The molecule has 21 heavy (non-hydrogen) atoms. The SMILES string of the molecule is COCCCn1c(C2CCCNC2)nc2cc(C)ccc21. The molecule has 114 valence electrons. The number of imidazole rings is 1. The number of benzene rings is 1. The molecular weight excluding hydrogens is 262 g/mol. The average Bonchev–Trinajstić information content (AvgIpc) is 2.86. The molecule has 0 bridgehead atoms. The number of methoxy groups -OCH3 is 1. The highest BCUT2D eigenvalue weighted by molar-refractivity contribution is 5.77. The summed E-state index contributed by atoms with van der Waals surface area (Å²) in [7, 11) is 1.77. The third-order valence-electron chi connectivity index (χ3n) is 4.33. The van der Waals surface area contributed by atoms with Crippen LogP contribution in [0.3, 0.4) is 0 Å². The quantitative estimate of drug-likeness (QED) is 0.860. The summed E-state index contributed by atoms with van der Waals surface area (Å²) in [5, 5.41) is 3.51. The van der Waals surface area contributed by atoms with Crippen molar-refractivity contribution in [3.63, 3.8) is 0 Å². The topological polar surface area (TPSA) is 39.1 Å². The highest BCUT2D eigenvalue weighted by Gasteiger charge is 2.22. The van der Waals surface area contributed by atoms with Crippen molar-refractivity contribution in [3.8, 4) is 0 Å². The van der Waals surface area contributed by atoms with Gasteiger partial charge in [-0.2, -0.15) is 0 Å². The lowest BCUT2D eigenvalue weighted by Crippen LogP contribution is -2.30. The molecule has 4 nitrogen and oxygen atoms in total. The lowest BCUT2D eigenvalue weighted by Gasteiger charge is -2.23. The number of nitrogens with zero attached hydrogens (tertiary/aromatic N) is 2. The molecule has 0 spiro atoms. The predicted octanol–water partition coefficient (Wildman–Crippen LogP) is 2.85. The van der Waals surface area contributed by atoms with Crippen molar-refractivity contribution < 1.29 is 4.74 Å². The van der Waals surface area contributed by atoms with Crippen molar-refractivity contribution in [2.24, 2.45) is 0 Å². The minimum absolute atomic E-state index is 0.536. The summed E-state index contributed by atoms with van der Waals surface area (Å²) in [6.45, 7) is 6.10. The van der Waals surface area contributed by atoms with Gasteiger partial charge in [0.15, 0.2) is 0 Å². The van der Waals surface area contributed by atoms with E-state index >= 15 is 0 Å². The van der Waals surface area contributed by atoms with Crippen LogP contribution in [0.1, 0.15) is 36.6 Å². The summed E-state index contributed by atoms with van der Waals surface area (Å²) in [6, 6.07) is 6.59. The van der Waals surface area contributed by atoms with Gasteiger partial charge in [-0.15, -0.1) is 0 Å². The lowest BCUT2D eigenvalue weighted by molar-refractivity contribution is 0.190. The molecule has 1 aliphatic heterocycles. The predicted molar refractivity (Wildman–Crippen MR) is 85.8 cm³/mol. The van der Waals surface area contributed by atoms with E-state index in [4.69, 9.17) is 9.72 Å². The highest BCUT2D eigenvalue weighted by atomic mass is 16.5. The Kier molecular flexibility index (Phi) is 4.56. The molecule has 0 saturated carbocycles. The number of fused-ring (bicyclic) bond motifs is 1. The molecule has 3 rings (SSSR count). The summed E-state index contributed by atoms with van der Waals surface area (Å²) < 4.78 is 7.62. The molecule has 1 saturated heterocycles. The third-order valence-corrected chi connectivity index (χ3v) is 4.33. The molecular formula is C17H25N3O. The van der Waals surface area contributed by atoms with E-state index in [1.807, 2.05) is 0 Å². The number of aryl methyl sites for hydroxylation is 2. The van der Waals surface area contributed by atoms with Crippen molar-refractivity contribution >= 4 is 11.0 Å². The van der Waals surface area contributed by atoms with Crippen LogP contribution in [0, 0.1) is 6.92 Å². The smallest absolute Gasteiger partial charge is 0.114 e. The average molecular weight is 287 g/mol. The van der Waals surface area contributed by atoms with E-state index in [0.29, 0.717) is 5.92 Å². The summed E-state index contributed by atoms with van der Waals surface area (Å²) in [5.41, 5.74) is 3.67. The van der Waals surface area contributed by atoms with Gasteiger partial charge >= 0.3 is 0 Å². The maximum atomic E-state index is 5.21. The molecule has 1 atom stereocenters. The highest BCUT2D eigenvalue weighted by Crippen LogP contribution is 2.27. The van der Waals surface area contributed by atoms with Gasteiger partial charge in [-0.25, -0.2) is 4.98 Å². The Hall–Kier alpha value is -1.39. The standard InChI is InChI=1S/C17H25N3O/c1-13-6-7-16-15(11-13)19-17(14-5-3-8-18-12-14)20(16)9-4-10-21-2/h6-7,11,14,18H,3-5,8-10,12H2,1-2H3. The summed E-state index contributed by atoms with van der Waals surface area (Å²) in [6.07, 6.45) is 3.51. The van der Waals surface area contributed by atoms with Crippen molar-refractivity contribution in [3.05, 3.63) is 29.6 Å². The monoisotopic (exact) mass is 287 g/mol. The van der Waals surface area contributed by atoms with E-state index in [1.165, 1.54) is 29.7 Å². The fraction of sp³-hybridized carbons (Fsp3) is 0.588. The Morgan fingerprint density at radius 3 is 3.10 bits per heavy atom. The van der Waals surface area contributed by atoms with Gasteiger partial charge in [0.1, 0.15) is 5.82 Å². The Morgan fingerprint density at radius 2 is 2.33 bits per heavy atom. The van der Waals surface area contributed by atoms with Crippen LogP contribution in [0.5, 0.6) is 0 Å². The van der Waals surface area contributed by atoms with Crippen LogP contribution in [0.25, 0.3) is 11.0 Å². The van der Waals surface area contributed by atoms with Gasteiger partial charge < -0.3 is 14.6 Å². The molecule has 0 radical (unpaired) electrons. The van der Waals surface area contributed by atoms with Gasteiger partial charge in [0.05, 0.1) is 11.0 Å². The van der Waals surface area contributed by atoms with Gasteiger partial charge in [-0.1, -0.05) is 6.07 Å². The van der Waals surface area contributed by atoms with Crippen molar-refractivity contribution in [2.75, 3.05) is 26.8 Å². The van der Waals surface area contributed by atoms with Crippen molar-refractivity contribution in [2.45, 2.75) is 38.6 Å². The summed E-state index contributed by atoms with van der Waals surface area (Å²) in [4.78, 5) is 4.96. The molecule has 1 fully saturated rings. The molecule has 2 heterocycles. The van der Waals surface area contributed by atoms with Crippen LogP contribution in [0.2, 0.25) is 0 Å². The summed E-state index contributed by atoms with van der Waals surface area (Å²) >= 11 is 0. The van der Waals surface area contributed by atoms with Crippen molar-refractivity contribution in [1.29, 1.82) is 0 Å². The zero-order chi connectivity index (χ0) is 14.7. The zero-order valence-electron chi connectivity index (χ0n) is 13.1. The number of hydrogen-bond acceptors (Lipinski definition) is 3. The van der Waals surface area contributed by atoms with Gasteiger partial charge in [0.25, 0.3) is 0 Å². The van der Waals surface area contributed by atoms with Crippen LogP contribution in [-0.2, 0) is 11.3 Å². The number of piperidine rings is 1. The number of hydrogen-bond donors (Lipinski definition) is 1. The van der Waals surface area contributed by atoms with E-state index in [2.05, 4.69) is 35.0 Å². The third kappa shape index (κ3) is 3.11. The van der Waals surface area contributed by atoms with E-state index < -0.39 is 0 Å². The van der Waals surface area contributed by atoms with Crippen LogP contribution < -0.4 is 5.32 Å². The molecule has 2 aromatic rings. The van der Waals surface area contributed by atoms with Gasteiger partial charge in [0, 0.05) is 32.7 Å². The molecule has 0 amide bonds. The molecule has 4 heteroatoms. The summed E-state index contributed by atoms with van der Waals surface area (Å²) in [5.74, 6) is 1.79. The first-order valence-electron chi connectivity index (χ1n) is 7.96. The van der Waals surface area contributed by atoms with Gasteiger partial charge in [-0.05, 0) is 50.4 Å². The number of aromatic nitrogens is 2. The van der Waals surface area contributed by atoms with Crippen LogP contribution in [0.15, 0.2) is 18.2 Å². The fourth-order valence-electron chi connectivity index (χ4n) is 3.24. The zero-order valence-corrected chi connectivity index (χ0v) is 13.1.